The van der Waals surface area contributed by atoms with Crippen molar-refractivity contribution in [3.05, 3.63) is 45.2 Å². The van der Waals surface area contributed by atoms with E-state index in [-0.39, 0.29) is 35.2 Å². The summed E-state index contributed by atoms with van der Waals surface area (Å²) < 4.78 is 5.61. The van der Waals surface area contributed by atoms with E-state index < -0.39 is 5.56 Å². The molecular formula is C17H16N4O3. The molecule has 7 nitrogen and oxygen atoms in total. The van der Waals surface area contributed by atoms with Crippen molar-refractivity contribution in [2.45, 2.75) is 26.6 Å². The van der Waals surface area contributed by atoms with Crippen LogP contribution < -0.4 is 16.0 Å². The van der Waals surface area contributed by atoms with Gasteiger partial charge in [0.25, 0.3) is 5.56 Å². The normalized spacial score (nSPS) is 10.2. The number of aliphatic hydroxyl groups is 1. The summed E-state index contributed by atoms with van der Waals surface area (Å²) >= 11 is 0. The van der Waals surface area contributed by atoms with Gasteiger partial charge in [0.05, 0.1) is 12.7 Å². The van der Waals surface area contributed by atoms with Gasteiger partial charge >= 0.3 is 0 Å². The molecule has 0 saturated carbocycles. The fourth-order valence-corrected chi connectivity index (χ4v) is 2.36. The van der Waals surface area contributed by atoms with Gasteiger partial charge in [-0.15, -0.1) is 0 Å². The smallest absolute Gasteiger partial charge is 0.268 e. The van der Waals surface area contributed by atoms with Crippen molar-refractivity contribution in [3.8, 4) is 29.0 Å². The number of aliphatic hydroxyl groups excluding tert-OH is 1. The fourth-order valence-electron chi connectivity index (χ4n) is 2.36. The lowest BCUT2D eigenvalue weighted by atomic mass is 9.95. The largest absolute Gasteiger partial charge is 0.491 e. The Morgan fingerprint density at radius 2 is 1.96 bits per heavy atom. The summed E-state index contributed by atoms with van der Waals surface area (Å²) in [5.41, 5.74) is 5.89. The van der Waals surface area contributed by atoms with Gasteiger partial charge in [0.15, 0.2) is 0 Å². The summed E-state index contributed by atoms with van der Waals surface area (Å²) in [6.07, 6.45) is -0.0827. The first-order valence-corrected chi connectivity index (χ1v) is 7.19. The summed E-state index contributed by atoms with van der Waals surface area (Å²) in [5.74, 6) is 0.385. The molecule has 7 heteroatoms. The van der Waals surface area contributed by atoms with Crippen LogP contribution in [-0.2, 0) is 6.61 Å². The predicted octanol–water partition coefficient (Wildman–Crippen LogP) is 1.65. The highest BCUT2D eigenvalue weighted by Gasteiger charge is 2.19. The van der Waals surface area contributed by atoms with Crippen molar-refractivity contribution in [1.82, 2.24) is 4.98 Å². The topological polar surface area (TPSA) is 136 Å². The quantitative estimate of drug-likeness (QED) is 0.782. The minimum atomic E-state index is -0.669. The van der Waals surface area contributed by atoms with Gasteiger partial charge in [0.1, 0.15) is 34.8 Å². The van der Waals surface area contributed by atoms with Crippen molar-refractivity contribution in [3.63, 3.8) is 0 Å². The van der Waals surface area contributed by atoms with Crippen LogP contribution >= 0.6 is 0 Å². The molecule has 0 unspecified atom stereocenters. The number of aromatic amines is 1. The maximum absolute atomic E-state index is 12.0. The molecule has 2 aromatic rings. The number of aromatic nitrogens is 1. The molecule has 24 heavy (non-hydrogen) atoms. The molecule has 0 atom stereocenters. The number of hydrogen-bond acceptors (Lipinski definition) is 6. The van der Waals surface area contributed by atoms with Crippen molar-refractivity contribution in [2.75, 3.05) is 5.73 Å². The molecule has 0 aliphatic rings. The number of nitrogens with one attached hydrogen (secondary N) is 1. The van der Waals surface area contributed by atoms with Crippen LogP contribution in [-0.4, -0.2) is 16.2 Å². The Balaban J connectivity index is 2.76. The van der Waals surface area contributed by atoms with E-state index in [4.69, 9.17) is 10.5 Å². The molecule has 2 rings (SSSR count). The second kappa shape index (κ2) is 6.86. The number of nitrogens with zero attached hydrogens (tertiary/aromatic N) is 2. The molecular weight excluding hydrogens is 308 g/mol. The molecule has 122 valence electrons. The highest BCUT2D eigenvalue weighted by molar-refractivity contribution is 5.80. The number of nitriles is 2. The Kier molecular flexibility index (Phi) is 4.88. The van der Waals surface area contributed by atoms with E-state index in [0.717, 1.165) is 0 Å². The number of ether oxygens (including phenoxy) is 1. The Morgan fingerprint density at radius 3 is 2.50 bits per heavy atom. The molecule has 0 fully saturated rings. The lowest BCUT2D eigenvalue weighted by Crippen LogP contribution is -2.16. The summed E-state index contributed by atoms with van der Waals surface area (Å²) in [6.45, 7) is 3.42. The third-order valence-corrected chi connectivity index (χ3v) is 3.35. The predicted molar refractivity (Wildman–Crippen MR) is 88.0 cm³/mol. The van der Waals surface area contributed by atoms with Crippen LogP contribution in [0.2, 0.25) is 0 Å². The Hall–Kier alpha value is -3.29. The fraction of sp³-hybridized carbons (Fsp3) is 0.235. The van der Waals surface area contributed by atoms with Crippen LogP contribution in [0.5, 0.6) is 5.75 Å². The highest BCUT2D eigenvalue weighted by Crippen LogP contribution is 2.32. The van der Waals surface area contributed by atoms with Gasteiger partial charge in [-0.1, -0.05) is 6.07 Å². The number of anilines is 1. The SMILES string of the molecule is CC(C)Oc1ccc(-c2c(C#N)c(N)[nH]c(=O)c2C#N)cc1CO. The molecule has 4 N–H and O–H groups in total. The van der Waals surface area contributed by atoms with Gasteiger partial charge in [0, 0.05) is 11.1 Å². The average Bonchev–Trinajstić information content (AvgIpc) is 2.54. The summed E-state index contributed by atoms with van der Waals surface area (Å²) in [6, 6.07) is 8.53. The molecule has 0 spiro atoms. The standard InChI is InChI=1S/C17H16N4O3/c1-9(2)24-14-4-3-10(5-11(14)8-22)15-12(6-18)16(20)21-17(23)13(15)7-19/h3-5,9,22H,8H2,1-2H3,(H3,20,21,23). The van der Waals surface area contributed by atoms with Crippen LogP contribution in [0.4, 0.5) is 5.82 Å². The first-order valence-electron chi connectivity index (χ1n) is 7.19. The maximum Gasteiger partial charge on any atom is 0.268 e. The number of benzene rings is 1. The minimum Gasteiger partial charge on any atom is -0.491 e. The zero-order valence-corrected chi connectivity index (χ0v) is 13.3. The Bertz CT molecular complexity index is 917. The number of pyridine rings is 1. The zero-order valence-electron chi connectivity index (χ0n) is 13.3. The third-order valence-electron chi connectivity index (χ3n) is 3.35. The number of H-pyrrole nitrogens is 1. The minimum absolute atomic E-state index is 0.00701. The van der Waals surface area contributed by atoms with Crippen molar-refractivity contribution in [1.29, 1.82) is 10.5 Å². The highest BCUT2D eigenvalue weighted by atomic mass is 16.5. The van der Waals surface area contributed by atoms with Gasteiger partial charge in [-0.25, -0.2) is 0 Å². The zero-order chi connectivity index (χ0) is 17.9. The average molecular weight is 324 g/mol. The van der Waals surface area contributed by atoms with Crippen LogP contribution in [0.1, 0.15) is 30.5 Å². The summed E-state index contributed by atoms with van der Waals surface area (Å²) in [5, 5.41) is 28.2. The monoisotopic (exact) mass is 324 g/mol. The number of rotatable bonds is 4. The van der Waals surface area contributed by atoms with E-state index in [0.29, 0.717) is 16.9 Å². The second-order valence-electron chi connectivity index (χ2n) is 5.36. The first kappa shape index (κ1) is 17.1. The maximum atomic E-state index is 12.0. The molecule has 1 aromatic heterocycles. The van der Waals surface area contributed by atoms with Crippen molar-refractivity contribution in [2.24, 2.45) is 0 Å². The number of hydrogen-bond donors (Lipinski definition) is 3. The van der Waals surface area contributed by atoms with Gasteiger partial charge in [0.2, 0.25) is 0 Å². The van der Waals surface area contributed by atoms with Crippen molar-refractivity contribution >= 4 is 5.82 Å². The summed E-state index contributed by atoms with van der Waals surface area (Å²) in [7, 11) is 0. The Labute approximate surface area is 138 Å². The van der Waals surface area contributed by atoms with E-state index in [1.807, 2.05) is 19.9 Å². The molecule has 1 aromatic carbocycles. The van der Waals surface area contributed by atoms with Gasteiger partial charge in [-0.3, -0.25) is 4.79 Å². The van der Waals surface area contributed by atoms with E-state index in [9.17, 15) is 20.4 Å². The molecule has 0 aliphatic heterocycles. The van der Waals surface area contributed by atoms with Crippen LogP contribution in [0.15, 0.2) is 23.0 Å². The third kappa shape index (κ3) is 3.07. The van der Waals surface area contributed by atoms with E-state index in [1.165, 1.54) is 0 Å². The molecule has 0 saturated heterocycles. The van der Waals surface area contributed by atoms with E-state index in [2.05, 4.69) is 4.98 Å². The van der Waals surface area contributed by atoms with Crippen LogP contribution in [0.25, 0.3) is 11.1 Å². The van der Waals surface area contributed by atoms with E-state index >= 15 is 0 Å². The van der Waals surface area contributed by atoms with Crippen LogP contribution in [0, 0.1) is 22.7 Å². The Morgan fingerprint density at radius 1 is 1.29 bits per heavy atom. The molecule has 0 bridgehead atoms. The molecule has 0 aliphatic carbocycles. The molecule has 0 radical (unpaired) electrons. The van der Waals surface area contributed by atoms with Gasteiger partial charge in [-0.2, -0.15) is 10.5 Å². The first-order chi connectivity index (χ1) is 11.4. The summed E-state index contributed by atoms with van der Waals surface area (Å²) in [4.78, 5) is 14.2. The molecule has 0 amide bonds. The van der Waals surface area contributed by atoms with Gasteiger partial charge < -0.3 is 20.6 Å². The van der Waals surface area contributed by atoms with Crippen LogP contribution in [0.3, 0.4) is 0 Å². The second-order valence-corrected chi connectivity index (χ2v) is 5.36. The lowest BCUT2D eigenvalue weighted by Gasteiger charge is -2.15. The van der Waals surface area contributed by atoms with E-state index in [1.54, 1.807) is 24.3 Å². The lowest BCUT2D eigenvalue weighted by molar-refractivity contribution is 0.225. The van der Waals surface area contributed by atoms with Crippen molar-refractivity contribution < 1.29 is 9.84 Å². The van der Waals surface area contributed by atoms with Gasteiger partial charge in [-0.05, 0) is 31.5 Å². The molecule has 1 heterocycles. The number of nitrogen functional groups attached to an aromatic ring is 1. The number of nitrogens with two attached hydrogens (primary N) is 1.